The second-order valence-corrected chi connectivity index (χ2v) is 3.90. The van der Waals surface area contributed by atoms with Crippen molar-refractivity contribution in [2.75, 3.05) is 5.32 Å². The van der Waals surface area contributed by atoms with Crippen molar-refractivity contribution < 1.29 is 0 Å². The second-order valence-electron chi connectivity index (χ2n) is 3.90. The number of hydrogen-bond acceptors (Lipinski definition) is 4. The molecule has 0 amide bonds. The number of nitrogens with zero attached hydrogens (tertiary/aromatic N) is 3. The van der Waals surface area contributed by atoms with Crippen molar-refractivity contribution in [3.05, 3.63) is 53.3 Å². The highest BCUT2D eigenvalue weighted by molar-refractivity contribution is 5.32. The second kappa shape index (κ2) is 5.78. The topological polar surface area (TPSA) is 61.6 Å². The van der Waals surface area contributed by atoms with E-state index < -0.39 is 0 Å². The Morgan fingerprint density at radius 1 is 1.17 bits per heavy atom. The zero-order chi connectivity index (χ0) is 12.8. The molecule has 1 N–H and O–H groups in total. The van der Waals surface area contributed by atoms with E-state index in [-0.39, 0.29) is 0 Å². The van der Waals surface area contributed by atoms with E-state index in [1.54, 1.807) is 12.3 Å². The highest BCUT2D eigenvalue weighted by atomic mass is 15.1. The Labute approximate surface area is 106 Å². The van der Waals surface area contributed by atoms with Crippen LogP contribution >= 0.6 is 0 Å². The first-order valence-electron chi connectivity index (χ1n) is 5.86. The summed E-state index contributed by atoms with van der Waals surface area (Å²) < 4.78 is 0. The third-order valence-electron chi connectivity index (χ3n) is 2.65. The van der Waals surface area contributed by atoms with Gasteiger partial charge in [0.25, 0.3) is 0 Å². The normalized spacial score (nSPS) is 9.78. The van der Waals surface area contributed by atoms with Crippen molar-refractivity contribution in [3.8, 4) is 6.07 Å². The summed E-state index contributed by atoms with van der Waals surface area (Å²) in [6.07, 6.45) is 2.62. The van der Waals surface area contributed by atoms with Crippen LogP contribution in [0.3, 0.4) is 0 Å². The van der Waals surface area contributed by atoms with Gasteiger partial charge in [0, 0.05) is 12.7 Å². The monoisotopic (exact) mass is 238 g/mol. The highest BCUT2D eigenvalue weighted by Gasteiger charge is 1.98. The number of nitriles is 1. The summed E-state index contributed by atoms with van der Waals surface area (Å²) in [5, 5.41) is 11.8. The minimum Gasteiger partial charge on any atom is -0.350 e. The maximum atomic E-state index is 8.74. The number of anilines is 1. The van der Waals surface area contributed by atoms with Gasteiger partial charge in [0.05, 0.1) is 0 Å². The minimum atomic E-state index is 0.369. The van der Waals surface area contributed by atoms with Crippen LogP contribution in [0, 0.1) is 11.3 Å². The number of aryl methyl sites for hydroxylation is 1. The Kier molecular flexibility index (Phi) is 3.87. The Morgan fingerprint density at radius 3 is 2.56 bits per heavy atom. The van der Waals surface area contributed by atoms with Crippen molar-refractivity contribution >= 4 is 5.95 Å². The van der Waals surface area contributed by atoms with Gasteiger partial charge in [0.15, 0.2) is 0 Å². The molecule has 0 saturated carbocycles. The smallest absolute Gasteiger partial charge is 0.224 e. The molecular weight excluding hydrogens is 224 g/mol. The van der Waals surface area contributed by atoms with E-state index in [9.17, 15) is 0 Å². The lowest BCUT2D eigenvalue weighted by Gasteiger charge is -2.05. The van der Waals surface area contributed by atoms with Gasteiger partial charge in [-0.25, -0.2) is 9.97 Å². The molecule has 1 aromatic heterocycles. The summed E-state index contributed by atoms with van der Waals surface area (Å²) in [4.78, 5) is 8.12. The minimum absolute atomic E-state index is 0.369. The van der Waals surface area contributed by atoms with Gasteiger partial charge in [-0.2, -0.15) is 5.26 Å². The van der Waals surface area contributed by atoms with E-state index in [2.05, 4.69) is 46.5 Å². The molecule has 0 bridgehead atoms. The Hall–Kier alpha value is -2.41. The molecule has 0 unspecified atom stereocenters. The van der Waals surface area contributed by atoms with Gasteiger partial charge in [-0.15, -0.1) is 0 Å². The van der Waals surface area contributed by atoms with Gasteiger partial charge in [0.2, 0.25) is 5.95 Å². The van der Waals surface area contributed by atoms with E-state index in [4.69, 9.17) is 5.26 Å². The SMILES string of the molecule is CCc1ccc(CNc2nccc(C#N)n2)cc1. The zero-order valence-electron chi connectivity index (χ0n) is 10.2. The lowest BCUT2D eigenvalue weighted by atomic mass is 10.1. The van der Waals surface area contributed by atoms with Gasteiger partial charge in [-0.05, 0) is 23.6 Å². The van der Waals surface area contributed by atoms with Crippen molar-refractivity contribution in [1.82, 2.24) is 9.97 Å². The molecule has 0 radical (unpaired) electrons. The molecule has 0 fully saturated rings. The van der Waals surface area contributed by atoms with Crippen LogP contribution in [0.1, 0.15) is 23.7 Å². The maximum Gasteiger partial charge on any atom is 0.224 e. The zero-order valence-corrected chi connectivity index (χ0v) is 10.2. The molecule has 4 heteroatoms. The first-order chi connectivity index (χ1) is 8.81. The average Bonchev–Trinajstić information content (AvgIpc) is 2.46. The number of hydrogen-bond donors (Lipinski definition) is 1. The van der Waals surface area contributed by atoms with Crippen LogP contribution in [0.25, 0.3) is 0 Å². The molecule has 0 atom stereocenters. The van der Waals surface area contributed by atoms with Crippen molar-refractivity contribution in [3.63, 3.8) is 0 Å². The van der Waals surface area contributed by atoms with Crippen molar-refractivity contribution in [1.29, 1.82) is 5.26 Å². The lowest BCUT2D eigenvalue weighted by molar-refractivity contribution is 1.04. The van der Waals surface area contributed by atoms with E-state index in [0.29, 0.717) is 18.2 Å². The van der Waals surface area contributed by atoms with E-state index in [1.165, 1.54) is 5.56 Å². The number of nitrogens with one attached hydrogen (secondary N) is 1. The summed E-state index contributed by atoms with van der Waals surface area (Å²) in [7, 11) is 0. The summed E-state index contributed by atoms with van der Waals surface area (Å²) in [6, 6.07) is 12.0. The molecule has 90 valence electrons. The number of aromatic nitrogens is 2. The quantitative estimate of drug-likeness (QED) is 0.889. The van der Waals surface area contributed by atoms with Crippen LogP contribution in [-0.2, 0) is 13.0 Å². The molecular formula is C14H14N4. The van der Waals surface area contributed by atoms with E-state index in [1.807, 2.05) is 6.07 Å². The predicted molar refractivity (Wildman–Crippen MR) is 69.9 cm³/mol. The third-order valence-corrected chi connectivity index (χ3v) is 2.65. The van der Waals surface area contributed by atoms with Crippen LogP contribution in [0.4, 0.5) is 5.95 Å². The molecule has 0 spiro atoms. The van der Waals surface area contributed by atoms with Crippen LogP contribution in [0.2, 0.25) is 0 Å². The van der Waals surface area contributed by atoms with Gasteiger partial charge in [-0.3, -0.25) is 0 Å². The Bertz CT molecular complexity index is 555. The van der Waals surface area contributed by atoms with Crippen LogP contribution in [0.15, 0.2) is 36.5 Å². The molecule has 0 saturated heterocycles. The lowest BCUT2D eigenvalue weighted by Crippen LogP contribution is -2.04. The number of benzene rings is 1. The van der Waals surface area contributed by atoms with Crippen LogP contribution in [0.5, 0.6) is 0 Å². The first-order valence-corrected chi connectivity index (χ1v) is 5.86. The third kappa shape index (κ3) is 3.05. The first kappa shape index (κ1) is 12.1. The molecule has 0 aliphatic rings. The Balaban J connectivity index is 2.00. The van der Waals surface area contributed by atoms with Gasteiger partial charge in [0.1, 0.15) is 11.8 Å². The maximum absolute atomic E-state index is 8.74. The van der Waals surface area contributed by atoms with E-state index >= 15 is 0 Å². The molecule has 0 aliphatic heterocycles. The van der Waals surface area contributed by atoms with Crippen LogP contribution < -0.4 is 5.32 Å². The van der Waals surface area contributed by atoms with Gasteiger partial charge < -0.3 is 5.32 Å². The van der Waals surface area contributed by atoms with Gasteiger partial charge in [-0.1, -0.05) is 31.2 Å². The van der Waals surface area contributed by atoms with E-state index in [0.717, 1.165) is 12.0 Å². The fraction of sp³-hybridized carbons (Fsp3) is 0.214. The molecule has 2 rings (SSSR count). The largest absolute Gasteiger partial charge is 0.350 e. The van der Waals surface area contributed by atoms with Crippen LogP contribution in [-0.4, -0.2) is 9.97 Å². The summed E-state index contributed by atoms with van der Waals surface area (Å²) >= 11 is 0. The van der Waals surface area contributed by atoms with Crippen molar-refractivity contribution in [2.45, 2.75) is 19.9 Å². The average molecular weight is 238 g/mol. The summed E-state index contributed by atoms with van der Waals surface area (Å²) in [5.74, 6) is 0.480. The Morgan fingerprint density at radius 2 is 1.89 bits per heavy atom. The fourth-order valence-electron chi connectivity index (χ4n) is 1.58. The highest BCUT2D eigenvalue weighted by Crippen LogP contribution is 2.07. The molecule has 4 nitrogen and oxygen atoms in total. The molecule has 1 heterocycles. The van der Waals surface area contributed by atoms with Crippen molar-refractivity contribution in [2.24, 2.45) is 0 Å². The van der Waals surface area contributed by atoms with Gasteiger partial charge >= 0.3 is 0 Å². The summed E-state index contributed by atoms with van der Waals surface area (Å²) in [6.45, 7) is 2.79. The summed E-state index contributed by atoms with van der Waals surface area (Å²) in [5.41, 5.74) is 2.86. The standard InChI is InChI=1S/C14H14N4/c1-2-11-3-5-12(6-4-11)10-17-14-16-8-7-13(9-15)18-14/h3-8H,2,10H2,1H3,(H,16,17,18). The fourth-order valence-corrected chi connectivity index (χ4v) is 1.58. The molecule has 1 aromatic carbocycles. The molecule has 0 aliphatic carbocycles. The molecule has 18 heavy (non-hydrogen) atoms. The predicted octanol–water partition coefficient (Wildman–Crippen LogP) is 2.52. The number of rotatable bonds is 4. The molecule has 2 aromatic rings.